The molecule has 0 radical (unpaired) electrons. The van der Waals surface area contributed by atoms with E-state index in [-0.39, 0.29) is 36.4 Å². The molecule has 4 atom stereocenters. The molecule has 0 spiro atoms. The van der Waals surface area contributed by atoms with Crippen molar-refractivity contribution in [1.82, 2.24) is 9.62 Å². The molecule has 3 saturated heterocycles. The smallest absolute Gasteiger partial charge is 0.227 e. The molecular formula is C20H27N3O5S. The topological polar surface area (TPSA) is 96.0 Å². The Kier molecular flexibility index (Phi) is 5.29. The summed E-state index contributed by atoms with van der Waals surface area (Å²) in [6.45, 7) is 0.353. The third-order valence-corrected chi connectivity index (χ3v) is 7.64. The monoisotopic (exact) mass is 421 g/mol. The molecule has 3 heterocycles. The van der Waals surface area contributed by atoms with E-state index in [0.29, 0.717) is 25.1 Å². The van der Waals surface area contributed by atoms with Crippen molar-refractivity contribution in [1.29, 1.82) is 0 Å². The molecule has 4 rings (SSSR count). The van der Waals surface area contributed by atoms with Crippen LogP contribution in [0.1, 0.15) is 32.1 Å². The minimum atomic E-state index is -3.22. The largest absolute Gasteiger partial charge is 0.497 e. The van der Waals surface area contributed by atoms with Crippen LogP contribution in [0.5, 0.6) is 5.75 Å². The van der Waals surface area contributed by atoms with Gasteiger partial charge in [-0.25, -0.2) is 8.42 Å². The molecule has 3 fully saturated rings. The first-order valence-corrected chi connectivity index (χ1v) is 11.8. The van der Waals surface area contributed by atoms with E-state index in [2.05, 4.69) is 5.32 Å². The van der Waals surface area contributed by atoms with Crippen molar-refractivity contribution in [2.45, 2.75) is 50.2 Å². The third kappa shape index (κ3) is 3.98. The highest BCUT2D eigenvalue weighted by molar-refractivity contribution is 7.88. The number of carbonyl (C=O) groups is 2. The van der Waals surface area contributed by atoms with Crippen molar-refractivity contribution in [2.75, 3.05) is 24.8 Å². The molecule has 1 unspecified atom stereocenters. The Morgan fingerprint density at radius 1 is 1.14 bits per heavy atom. The minimum Gasteiger partial charge on any atom is -0.497 e. The number of rotatable bonds is 5. The van der Waals surface area contributed by atoms with Gasteiger partial charge in [-0.05, 0) is 49.9 Å². The van der Waals surface area contributed by atoms with E-state index in [0.717, 1.165) is 18.5 Å². The SMILES string of the molecule is COc1ccc(N2C[C@H](C(=O)NC3C[C@H]4CC[C@@H](C3)N4S(C)(=O)=O)CC2=O)cc1. The lowest BCUT2D eigenvalue weighted by molar-refractivity contribution is -0.127. The normalized spacial score (nSPS) is 29.9. The van der Waals surface area contributed by atoms with E-state index in [4.69, 9.17) is 4.74 Å². The van der Waals surface area contributed by atoms with Gasteiger partial charge in [0.1, 0.15) is 5.75 Å². The number of methoxy groups -OCH3 is 1. The van der Waals surface area contributed by atoms with Crippen LogP contribution in [0, 0.1) is 5.92 Å². The quantitative estimate of drug-likeness (QED) is 0.769. The molecule has 8 nitrogen and oxygen atoms in total. The number of ether oxygens (including phenoxy) is 1. The number of hydrogen-bond donors (Lipinski definition) is 1. The van der Waals surface area contributed by atoms with Crippen LogP contribution in [0.3, 0.4) is 0 Å². The Morgan fingerprint density at radius 3 is 2.31 bits per heavy atom. The molecule has 3 aliphatic heterocycles. The maximum absolute atomic E-state index is 12.8. The van der Waals surface area contributed by atoms with Gasteiger partial charge < -0.3 is 15.0 Å². The lowest BCUT2D eigenvalue weighted by Crippen LogP contribution is -2.52. The number of amides is 2. The highest BCUT2D eigenvalue weighted by Gasteiger charge is 2.46. The fraction of sp³-hybridized carbons (Fsp3) is 0.600. The number of nitrogens with zero attached hydrogens (tertiary/aromatic N) is 2. The highest BCUT2D eigenvalue weighted by atomic mass is 32.2. The van der Waals surface area contributed by atoms with E-state index in [1.807, 2.05) is 12.1 Å². The van der Waals surface area contributed by atoms with Crippen LogP contribution in [0.4, 0.5) is 5.69 Å². The molecule has 9 heteroatoms. The Labute approximate surface area is 171 Å². The van der Waals surface area contributed by atoms with Gasteiger partial charge in [0.15, 0.2) is 0 Å². The molecule has 0 aliphatic carbocycles. The second-order valence-corrected chi connectivity index (χ2v) is 10.1. The van der Waals surface area contributed by atoms with E-state index < -0.39 is 15.9 Å². The van der Waals surface area contributed by atoms with Gasteiger partial charge in [0.2, 0.25) is 21.8 Å². The summed E-state index contributed by atoms with van der Waals surface area (Å²) in [5.41, 5.74) is 0.755. The zero-order valence-corrected chi connectivity index (χ0v) is 17.5. The van der Waals surface area contributed by atoms with Gasteiger partial charge in [-0.1, -0.05) is 0 Å². The predicted octanol–water partition coefficient (Wildman–Crippen LogP) is 1.12. The molecule has 3 aliphatic rings. The number of nitrogens with one attached hydrogen (secondary N) is 1. The molecule has 2 amide bonds. The summed E-state index contributed by atoms with van der Waals surface area (Å²) in [4.78, 5) is 26.9. The molecule has 1 aromatic rings. The molecule has 0 saturated carbocycles. The summed E-state index contributed by atoms with van der Waals surface area (Å²) in [5.74, 6) is 0.133. The summed E-state index contributed by atoms with van der Waals surface area (Å²) in [5, 5.41) is 3.09. The van der Waals surface area contributed by atoms with Gasteiger partial charge in [0.25, 0.3) is 0 Å². The van der Waals surface area contributed by atoms with Crippen molar-refractivity contribution < 1.29 is 22.7 Å². The van der Waals surface area contributed by atoms with Gasteiger partial charge in [-0.15, -0.1) is 0 Å². The van der Waals surface area contributed by atoms with Crippen molar-refractivity contribution in [2.24, 2.45) is 5.92 Å². The number of sulfonamides is 1. The summed E-state index contributed by atoms with van der Waals surface area (Å²) in [7, 11) is -1.63. The second-order valence-electron chi connectivity index (χ2n) is 8.26. The van der Waals surface area contributed by atoms with Crippen LogP contribution in [-0.2, 0) is 19.6 Å². The second kappa shape index (κ2) is 7.60. The van der Waals surface area contributed by atoms with E-state index in [1.165, 1.54) is 6.26 Å². The average molecular weight is 422 g/mol. The van der Waals surface area contributed by atoms with E-state index in [9.17, 15) is 18.0 Å². The zero-order valence-electron chi connectivity index (χ0n) is 16.7. The first kappa shape index (κ1) is 20.2. The number of hydrogen-bond acceptors (Lipinski definition) is 5. The van der Waals surface area contributed by atoms with Gasteiger partial charge >= 0.3 is 0 Å². The molecule has 29 heavy (non-hydrogen) atoms. The Hall–Kier alpha value is -2.13. The molecule has 158 valence electrons. The van der Waals surface area contributed by atoms with Crippen LogP contribution in [0.25, 0.3) is 0 Å². The molecule has 2 bridgehead atoms. The van der Waals surface area contributed by atoms with E-state index >= 15 is 0 Å². The van der Waals surface area contributed by atoms with Gasteiger partial charge in [-0.2, -0.15) is 4.31 Å². The van der Waals surface area contributed by atoms with E-state index in [1.54, 1.807) is 28.4 Å². The predicted molar refractivity (Wildman–Crippen MR) is 108 cm³/mol. The van der Waals surface area contributed by atoms with Crippen LogP contribution in [-0.4, -0.2) is 62.6 Å². The number of piperidine rings is 1. The average Bonchev–Trinajstić information content (AvgIpc) is 3.20. The van der Waals surface area contributed by atoms with Crippen LogP contribution in [0.2, 0.25) is 0 Å². The minimum absolute atomic E-state index is 0.0324. The summed E-state index contributed by atoms with van der Waals surface area (Å²) in [6, 6.07) is 7.11. The summed E-state index contributed by atoms with van der Waals surface area (Å²) >= 11 is 0. The third-order valence-electron chi connectivity index (χ3n) is 6.28. The van der Waals surface area contributed by atoms with Crippen molar-refractivity contribution >= 4 is 27.5 Å². The summed E-state index contributed by atoms with van der Waals surface area (Å²) in [6.07, 6.45) is 4.41. The standard InChI is InChI=1S/C20H27N3O5S/c1-28-18-7-5-15(6-8-18)22-12-13(9-19(22)24)20(25)21-14-10-16-3-4-17(11-14)23(16)29(2,26)27/h5-8,13-14,16-17H,3-4,9-12H2,1-2H3,(H,21,25)/t13-,14?,16-,17+/m1/s1. The number of anilines is 1. The van der Waals surface area contributed by atoms with Crippen LogP contribution in [0.15, 0.2) is 24.3 Å². The van der Waals surface area contributed by atoms with Crippen molar-refractivity contribution in [3.8, 4) is 5.75 Å². The number of carbonyl (C=O) groups excluding carboxylic acids is 2. The molecule has 1 N–H and O–H groups in total. The van der Waals surface area contributed by atoms with Gasteiger partial charge in [-0.3, -0.25) is 9.59 Å². The van der Waals surface area contributed by atoms with Gasteiger partial charge in [0, 0.05) is 36.8 Å². The Balaban J connectivity index is 1.37. The summed E-state index contributed by atoms with van der Waals surface area (Å²) < 4.78 is 30.8. The fourth-order valence-electron chi connectivity index (χ4n) is 5.01. The molecule has 1 aromatic carbocycles. The fourth-order valence-corrected chi connectivity index (χ4v) is 6.47. The number of benzene rings is 1. The number of fused-ring (bicyclic) bond motifs is 2. The van der Waals surface area contributed by atoms with Gasteiger partial charge in [0.05, 0.1) is 19.3 Å². The van der Waals surface area contributed by atoms with Crippen molar-refractivity contribution in [3.05, 3.63) is 24.3 Å². The van der Waals surface area contributed by atoms with Crippen LogP contribution < -0.4 is 15.0 Å². The lowest BCUT2D eigenvalue weighted by Gasteiger charge is -2.37. The first-order valence-electron chi connectivity index (χ1n) is 9.99. The molecule has 0 aromatic heterocycles. The Morgan fingerprint density at radius 2 is 1.76 bits per heavy atom. The maximum atomic E-state index is 12.8. The lowest BCUT2D eigenvalue weighted by atomic mass is 9.98. The first-order chi connectivity index (χ1) is 13.8. The molecular weight excluding hydrogens is 394 g/mol. The Bertz CT molecular complexity index is 887. The van der Waals surface area contributed by atoms with Crippen LogP contribution >= 0.6 is 0 Å². The zero-order chi connectivity index (χ0) is 20.8. The van der Waals surface area contributed by atoms with Crippen molar-refractivity contribution in [3.63, 3.8) is 0 Å². The highest BCUT2D eigenvalue weighted by Crippen LogP contribution is 2.37. The maximum Gasteiger partial charge on any atom is 0.227 e.